The van der Waals surface area contributed by atoms with Crippen molar-refractivity contribution in [3.05, 3.63) is 38.9 Å². The zero-order valence-electron chi connectivity index (χ0n) is 10.3. The van der Waals surface area contributed by atoms with E-state index in [1.165, 1.54) is 18.2 Å². The van der Waals surface area contributed by atoms with E-state index in [1.807, 2.05) is 6.92 Å². The van der Waals surface area contributed by atoms with Gasteiger partial charge in [0, 0.05) is 24.2 Å². The molecule has 0 aromatic heterocycles. The van der Waals surface area contributed by atoms with E-state index < -0.39 is 10.8 Å². The molecule has 0 unspecified atom stereocenters. The molecule has 0 atom stereocenters. The van der Waals surface area contributed by atoms with Crippen LogP contribution in [0.4, 0.5) is 5.69 Å². The van der Waals surface area contributed by atoms with Gasteiger partial charge in [0.25, 0.3) is 11.6 Å². The van der Waals surface area contributed by atoms with Crippen LogP contribution in [-0.2, 0) is 0 Å². The summed E-state index contributed by atoms with van der Waals surface area (Å²) in [5.41, 5.74) is -0.274. The molecule has 6 nitrogen and oxygen atoms in total. The standard InChI is InChI=1S/C11H14ClN3O3.ClH/c1-2-13-5-6-14-11(16)9-7-8(12)3-4-10(9)15(17)18;/h3-4,7,13H,2,5-6H2,1H3,(H,14,16);1H. The second-order valence-corrected chi connectivity index (χ2v) is 3.96. The van der Waals surface area contributed by atoms with Gasteiger partial charge >= 0.3 is 0 Å². The van der Waals surface area contributed by atoms with Crippen molar-refractivity contribution in [3.8, 4) is 0 Å². The Kier molecular flexibility index (Phi) is 8.06. The molecule has 1 rings (SSSR count). The molecule has 19 heavy (non-hydrogen) atoms. The summed E-state index contributed by atoms with van der Waals surface area (Å²) in [4.78, 5) is 22.0. The number of benzene rings is 1. The highest BCUT2D eigenvalue weighted by Gasteiger charge is 2.19. The smallest absolute Gasteiger partial charge is 0.282 e. The van der Waals surface area contributed by atoms with E-state index in [9.17, 15) is 14.9 Å². The lowest BCUT2D eigenvalue weighted by Crippen LogP contribution is -2.32. The molecule has 0 saturated carbocycles. The lowest BCUT2D eigenvalue weighted by Gasteiger charge is -2.06. The number of hydrogen-bond acceptors (Lipinski definition) is 4. The molecule has 1 aromatic carbocycles. The van der Waals surface area contributed by atoms with Gasteiger partial charge in [0.1, 0.15) is 5.56 Å². The SMILES string of the molecule is CCNCCNC(=O)c1cc(Cl)ccc1[N+](=O)[O-].Cl. The molecule has 2 N–H and O–H groups in total. The maximum Gasteiger partial charge on any atom is 0.282 e. The molecule has 8 heteroatoms. The van der Waals surface area contributed by atoms with E-state index >= 15 is 0 Å². The van der Waals surface area contributed by atoms with Crippen LogP contribution in [0, 0.1) is 10.1 Å². The van der Waals surface area contributed by atoms with Crippen molar-refractivity contribution in [2.45, 2.75) is 6.92 Å². The van der Waals surface area contributed by atoms with Crippen LogP contribution in [0.25, 0.3) is 0 Å². The van der Waals surface area contributed by atoms with Crippen LogP contribution in [0.2, 0.25) is 5.02 Å². The summed E-state index contributed by atoms with van der Waals surface area (Å²) in [5, 5.41) is 16.7. The number of nitro groups is 1. The third-order valence-corrected chi connectivity index (χ3v) is 2.47. The van der Waals surface area contributed by atoms with Crippen molar-refractivity contribution in [2.24, 2.45) is 0 Å². The van der Waals surface area contributed by atoms with Crippen LogP contribution in [0.5, 0.6) is 0 Å². The van der Waals surface area contributed by atoms with Gasteiger partial charge in [0.2, 0.25) is 0 Å². The Labute approximate surface area is 122 Å². The van der Waals surface area contributed by atoms with Crippen molar-refractivity contribution in [1.82, 2.24) is 10.6 Å². The predicted molar refractivity (Wildman–Crippen MR) is 76.2 cm³/mol. The van der Waals surface area contributed by atoms with Crippen LogP contribution in [0.1, 0.15) is 17.3 Å². The molecule has 0 spiro atoms. The molecule has 0 aliphatic carbocycles. The molecule has 1 amide bonds. The van der Waals surface area contributed by atoms with Crippen LogP contribution < -0.4 is 10.6 Å². The van der Waals surface area contributed by atoms with E-state index in [0.717, 1.165) is 6.54 Å². The summed E-state index contributed by atoms with van der Waals surface area (Å²) >= 11 is 5.73. The van der Waals surface area contributed by atoms with Crippen LogP contribution in [0.3, 0.4) is 0 Å². The Morgan fingerprint density at radius 1 is 1.42 bits per heavy atom. The molecule has 0 radical (unpaired) electrons. The third-order valence-electron chi connectivity index (χ3n) is 2.24. The molecule has 0 bridgehead atoms. The number of nitrogens with one attached hydrogen (secondary N) is 2. The Morgan fingerprint density at radius 2 is 2.11 bits per heavy atom. The Balaban J connectivity index is 0.00000324. The summed E-state index contributed by atoms with van der Waals surface area (Å²) in [5.74, 6) is -0.498. The van der Waals surface area contributed by atoms with Gasteiger partial charge < -0.3 is 10.6 Å². The molecular weight excluding hydrogens is 293 g/mol. The summed E-state index contributed by atoms with van der Waals surface area (Å²) < 4.78 is 0. The van der Waals surface area contributed by atoms with Gasteiger partial charge in [0.05, 0.1) is 4.92 Å². The average molecular weight is 308 g/mol. The van der Waals surface area contributed by atoms with Crippen molar-refractivity contribution >= 4 is 35.6 Å². The molecule has 0 saturated heterocycles. The molecule has 106 valence electrons. The first-order valence-electron chi connectivity index (χ1n) is 5.49. The minimum Gasteiger partial charge on any atom is -0.351 e. The third kappa shape index (κ3) is 5.42. The second-order valence-electron chi connectivity index (χ2n) is 3.53. The highest BCUT2D eigenvalue weighted by Crippen LogP contribution is 2.22. The van der Waals surface area contributed by atoms with Gasteiger partial charge in [-0.15, -0.1) is 12.4 Å². The molecule has 0 aliphatic rings. The number of nitro benzene ring substituents is 1. The first kappa shape index (κ1) is 17.6. The number of rotatable bonds is 6. The fraction of sp³-hybridized carbons (Fsp3) is 0.364. The van der Waals surface area contributed by atoms with Gasteiger partial charge in [-0.05, 0) is 18.7 Å². The Bertz CT molecular complexity index is 455. The van der Waals surface area contributed by atoms with Crippen molar-refractivity contribution in [3.63, 3.8) is 0 Å². The van der Waals surface area contributed by atoms with Gasteiger partial charge in [-0.3, -0.25) is 14.9 Å². The summed E-state index contributed by atoms with van der Waals surface area (Å²) in [6.45, 7) is 3.75. The van der Waals surface area contributed by atoms with E-state index in [4.69, 9.17) is 11.6 Å². The monoisotopic (exact) mass is 307 g/mol. The van der Waals surface area contributed by atoms with Gasteiger partial charge in [-0.25, -0.2) is 0 Å². The number of likely N-dealkylation sites (N-methyl/N-ethyl adjacent to an activating group) is 1. The highest BCUT2D eigenvalue weighted by molar-refractivity contribution is 6.31. The molecule has 0 fully saturated rings. The normalized spacial score (nSPS) is 9.58. The summed E-state index contributed by atoms with van der Waals surface area (Å²) in [6.07, 6.45) is 0. The van der Waals surface area contributed by atoms with Gasteiger partial charge in [0.15, 0.2) is 0 Å². The minimum absolute atomic E-state index is 0. The quantitative estimate of drug-likeness (QED) is 0.478. The summed E-state index contributed by atoms with van der Waals surface area (Å²) in [7, 11) is 0. The van der Waals surface area contributed by atoms with E-state index in [0.29, 0.717) is 13.1 Å². The van der Waals surface area contributed by atoms with Crippen molar-refractivity contribution < 1.29 is 9.72 Å². The molecule has 0 heterocycles. The lowest BCUT2D eigenvalue weighted by atomic mass is 10.1. The number of halogens is 2. The van der Waals surface area contributed by atoms with Crippen molar-refractivity contribution in [1.29, 1.82) is 0 Å². The number of carbonyl (C=O) groups excluding carboxylic acids is 1. The fourth-order valence-corrected chi connectivity index (χ4v) is 1.56. The zero-order chi connectivity index (χ0) is 13.5. The molecule has 1 aromatic rings. The van der Waals surface area contributed by atoms with E-state index in [-0.39, 0.29) is 28.7 Å². The molecule has 0 aliphatic heterocycles. The van der Waals surface area contributed by atoms with Crippen LogP contribution >= 0.6 is 24.0 Å². The largest absolute Gasteiger partial charge is 0.351 e. The number of amides is 1. The van der Waals surface area contributed by atoms with Crippen molar-refractivity contribution in [2.75, 3.05) is 19.6 Å². The van der Waals surface area contributed by atoms with Gasteiger partial charge in [-0.2, -0.15) is 0 Å². The first-order chi connectivity index (χ1) is 8.56. The predicted octanol–water partition coefficient (Wildman–Crippen LogP) is 2.01. The minimum atomic E-state index is -0.602. The Morgan fingerprint density at radius 3 is 2.68 bits per heavy atom. The zero-order valence-corrected chi connectivity index (χ0v) is 11.9. The van der Waals surface area contributed by atoms with E-state index in [1.54, 1.807) is 0 Å². The fourth-order valence-electron chi connectivity index (χ4n) is 1.39. The van der Waals surface area contributed by atoms with Gasteiger partial charge in [-0.1, -0.05) is 18.5 Å². The average Bonchev–Trinajstić information content (AvgIpc) is 2.34. The molecular formula is C11H15Cl2N3O3. The number of hydrogen-bond donors (Lipinski definition) is 2. The van der Waals surface area contributed by atoms with Crippen LogP contribution in [0.15, 0.2) is 18.2 Å². The summed E-state index contributed by atoms with van der Waals surface area (Å²) in [6, 6.07) is 3.90. The maximum atomic E-state index is 11.8. The maximum absolute atomic E-state index is 11.8. The number of nitrogens with zero attached hydrogens (tertiary/aromatic N) is 1. The van der Waals surface area contributed by atoms with Crippen LogP contribution in [-0.4, -0.2) is 30.5 Å². The lowest BCUT2D eigenvalue weighted by molar-refractivity contribution is -0.385. The van der Waals surface area contributed by atoms with E-state index in [2.05, 4.69) is 10.6 Å². The first-order valence-corrected chi connectivity index (χ1v) is 5.87. The highest BCUT2D eigenvalue weighted by atomic mass is 35.5. The Hall–Kier alpha value is -1.37. The second kappa shape index (κ2) is 8.68. The number of carbonyl (C=O) groups is 1. The topological polar surface area (TPSA) is 84.3 Å².